The highest BCUT2D eigenvalue weighted by Gasteiger charge is 2.08. The first-order chi connectivity index (χ1) is 8.79. The van der Waals surface area contributed by atoms with Crippen LogP contribution in [-0.2, 0) is 6.54 Å². The standard InChI is InChI=1S/C15H17BrN2/c1-2-15(13-3-5-14(16)6-4-13)18-11-12-7-9-17-10-8-12/h3-10,15,18H,2,11H2,1H3. The molecule has 2 nitrogen and oxygen atoms in total. The number of nitrogens with one attached hydrogen (secondary N) is 1. The summed E-state index contributed by atoms with van der Waals surface area (Å²) in [6.45, 7) is 3.07. The lowest BCUT2D eigenvalue weighted by atomic mass is 10.0. The summed E-state index contributed by atoms with van der Waals surface area (Å²) >= 11 is 3.46. The first-order valence-electron chi connectivity index (χ1n) is 6.17. The summed E-state index contributed by atoms with van der Waals surface area (Å²) in [4.78, 5) is 4.03. The van der Waals surface area contributed by atoms with Gasteiger partial charge in [-0.15, -0.1) is 0 Å². The van der Waals surface area contributed by atoms with Gasteiger partial charge in [-0.25, -0.2) is 0 Å². The van der Waals surface area contributed by atoms with E-state index in [-0.39, 0.29) is 0 Å². The van der Waals surface area contributed by atoms with Crippen molar-refractivity contribution in [1.82, 2.24) is 10.3 Å². The maximum absolute atomic E-state index is 4.03. The van der Waals surface area contributed by atoms with E-state index in [0.717, 1.165) is 17.4 Å². The molecule has 1 unspecified atom stereocenters. The molecule has 3 heteroatoms. The Bertz CT molecular complexity index is 468. The van der Waals surface area contributed by atoms with Gasteiger partial charge in [-0.05, 0) is 41.8 Å². The molecule has 94 valence electrons. The maximum atomic E-state index is 4.03. The van der Waals surface area contributed by atoms with Gasteiger partial charge in [0.2, 0.25) is 0 Å². The van der Waals surface area contributed by atoms with Crippen LogP contribution in [0, 0.1) is 0 Å². The van der Waals surface area contributed by atoms with Crippen molar-refractivity contribution in [3.8, 4) is 0 Å². The fraction of sp³-hybridized carbons (Fsp3) is 0.267. The molecule has 0 aliphatic rings. The minimum absolute atomic E-state index is 0.395. The molecule has 0 amide bonds. The lowest BCUT2D eigenvalue weighted by molar-refractivity contribution is 0.519. The number of nitrogens with zero attached hydrogens (tertiary/aromatic N) is 1. The highest BCUT2D eigenvalue weighted by atomic mass is 79.9. The normalized spacial score (nSPS) is 12.3. The van der Waals surface area contributed by atoms with Gasteiger partial charge in [-0.2, -0.15) is 0 Å². The topological polar surface area (TPSA) is 24.9 Å². The van der Waals surface area contributed by atoms with Crippen LogP contribution in [0.25, 0.3) is 0 Å². The van der Waals surface area contributed by atoms with Crippen molar-refractivity contribution in [1.29, 1.82) is 0 Å². The fourth-order valence-electron chi connectivity index (χ4n) is 1.93. The first kappa shape index (κ1) is 13.2. The summed E-state index contributed by atoms with van der Waals surface area (Å²) < 4.78 is 1.12. The molecule has 0 aliphatic heterocycles. The summed E-state index contributed by atoms with van der Waals surface area (Å²) in [5.74, 6) is 0. The molecule has 1 heterocycles. The van der Waals surface area contributed by atoms with E-state index < -0.39 is 0 Å². The van der Waals surface area contributed by atoms with Gasteiger partial charge in [0, 0.05) is 29.5 Å². The summed E-state index contributed by atoms with van der Waals surface area (Å²) in [7, 11) is 0. The number of hydrogen-bond acceptors (Lipinski definition) is 2. The first-order valence-corrected chi connectivity index (χ1v) is 6.96. The van der Waals surface area contributed by atoms with E-state index in [2.05, 4.69) is 57.4 Å². The Morgan fingerprint density at radius 1 is 1.11 bits per heavy atom. The summed E-state index contributed by atoms with van der Waals surface area (Å²) in [6, 6.07) is 13.0. The van der Waals surface area contributed by atoms with Crippen molar-refractivity contribution >= 4 is 15.9 Å². The summed E-state index contributed by atoms with van der Waals surface area (Å²) in [5.41, 5.74) is 2.59. The van der Waals surface area contributed by atoms with Crippen molar-refractivity contribution in [2.45, 2.75) is 25.9 Å². The van der Waals surface area contributed by atoms with Crippen LogP contribution in [0.5, 0.6) is 0 Å². The molecule has 0 bridgehead atoms. The second-order valence-corrected chi connectivity index (χ2v) is 5.16. The average Bonchev–Trinajstić information content (AvgIpc) is 2.42. The second kappa shape index (κ2) is 6.66. The minimum Gasteiger partial charge on any atom is -0.306 e. The molecule has 1 aromatic carbocycles. The molecule has 18 heavy (non-hydrogen) atoms. The van der Waals surface area contributed by atoms with Crippen LogP contribution in [0.1, 0.15) is 30.5 Å². The Labute approximate surface area is 117 Å². The Balaban J connectivity index is 1.99. The van der Waals surface area contributed by atoms with Gasteiger partial charge in [-0.3, -0.25) is 4.98 Å². The lowest BCUT2D eigenvalue weighted by Crippen LogP contribution is -2.20. The van der Waals surface area contributed by atoms with Gasteiger partial charge in [0.25, 0.3) is 0 Å². The Morgan fingerprint density at radius 2 is 1.78 bits per heavy atom. The number of aromatic nitrogens is 1. The number of halogens is 1. The van der Waals surface area contributed by atoms with Crippen LogP contribution < -0.4 is 5.32 Å². The number of pyridine rings is 1. The highest BCUT2D eigenvalue weighted by Crippen LogP contribution is 2.19. The Hall–Kier alpha value is -1.19. The summed E-state index contributed by atoms with van der Waals surface area (Å²) in [5, 5.41) is 3.58. The largest absolute Gasteiger partial charge is 0.306 e. The second-order valence-electron chi connectivity index (χ2n) is 4.25. The van der Waals surface area contributed by atoms with E-state index in [0.29, 0.717) is 6.04 Å². The van der Waals surface area contributed by atoms with Crippen molar-refractivity contribution in [2.75, 3.05) is 0 Å². The van der Waals surface area contributed by atoms with Gasteiger partial charge in [-0.1, -0.05) is 35.0 Å². The third-order valence-corrected chi connectivity index (χ3v) is 3.51. The van der Waals surface area contributed by atoms with Crippen LogP contribution >= 0.6 is 15.9 Å². The average molecular weight is 305 g/mol. The van der Waals surface area contributed by atoms with Crippen LogP contribution in [0.3, 0.4) is 0 Å². The van der Waals surface area contributed by atoms with Crippen LogP contribution in [0.15, 0.2) is 53.3 Å². The highest BCUT2D eigenvalue weighted by molar-refractivity contribution is 9.10. The van der Waals surface area contributed by atoms with Crippen LogP contribution in [0.2, 0.25) is 0 Å². The van der Waals surface area contributed by atoms with Gasteiger partial charge >= 0.3 is 0 Å². The minimum atomic E-state index is 0.395. The molecule has 2 rings (SSSR count). The van der Waals surface area contributed by atoms with Crippen molar-refractivity contribution in [2.24, 2.45) is 0 Å². The molecule has 1 atom stereocenters. The number of hydrogen-bond donors (Lipinski definition) is 1. The molecule has 0 fully saturated rings. The molecule has 0 saturated carbocycles. The van der Waals surface area contributed by atoms with Crippen molar-refractivity contribution < 1.29 is 0 Å². The zero-order chi connectivity index (χ0) is 12.8. The molecule has 0 spiro atoms. The Kier molecular flexibility index (Phi) is 4.90. The quantitative estimate of drug-likeness (QED) is 0.900. The number of rotatable bonds is 5. The van der Waals surface area contributed by atoms with E-state index in [1.807, 2.05) is 24.5 Å². The van der Waals surface area contributed by atoms with E-state index >= 15 is 0 Å². The van der Waals surface area contributed by atoms with Gasteiger partial charge in [0.15, 0.2) is 0 Å². The van der Waals surface area contributed by atoms with Crippen molar-refractivity contribution in [3.63, 3.8) is 0 Å². The lowest BCUT2D eigenvalue weighted by Gasteiger charge is -2.17. The predicted octanol–water partition coefficient (Wildman–Crippen LogP) is 4.09. The molecular weight excluding hydrogens is 288 g/mol. The SMILES string of the molecule is CCC(NCc1ccncc1)c1ccc(Br)cc1. The molecule has 1 aromatic heterocycles. The van der Waals surface area contributed by atoms with Crippen molar-refractivity contribution in [3.05, 3.63) is 64.4 Å². The van der Waals surface area contributed by atoms with Gasteiger partial charge in [0.1, 0.15) is 0 Å². The van der Waals surface area contributed by atoms with Gasteiger partial charge < -0.3 is 5.32 Å². The fourth-order valence-corrected chi connectivity index (χ4v) is 2.20. The van der Waals surface area contributed by atoms with Gasteiger partial charge in [0.05, 0.1) is 0 Å². The smallest absolute Gasteiger partial charge is 0.0320 e. The monoisotopic (exact) mass is 304 g/mol. The number of benzene rings is 1. The molecular formula is C15H17BrN2. The molecule has 0 radical (unpaired) electrons. The van der Waals surface area contributed by atoms with E-state index in [1.54, 1.807) is 0 Å². The Morgan fingerprint density at radius 3 is 2.39 bits per heavy atom. The molecule has 0 aliphatic carbocycles. The third-order valence-electron chi connectivity index (χ3n) is 2.98. The van der Waals surface area contributed by atoms with E-state index in [1.165, 1.54) is 11.1 Å². The predicted molar refractivity (Wildman–Crippen MR) is 78.3 cm³/mol. The van der Waals surface area contributed by atoms with Crippen LogP contribution in [-0.4, -0.2) is 4.98 Å². The summed E-state index contributed by atoms with van der Waals surface area (Å²) in [6.07, 6.45) is 4.74. The van der Waals surface area contributed by atoms with E-state index in [4.69, 9.17) is 0 Å². The van der Waals surface area contributed by atoms with Crippen LogP contribution in [0.4, 0.5) is 0 Å². The zero-order valence-corrected chi connectivity index (χ0v) is 12.0. The molecule has 0 saturated heterocycles. The van der Waals surface area contributed by atoms with E-state index in [9.17, 15) is 0 Å². The zero-order valence-electron chi connectivity index (χ0n) is 10.4. The molecule has 2 aromatic rings. The third kappa shape index (κ3) is 3.65. The molecule has 1 N–H and O–H groups in total. The maximum Gasteiger partial charge on any atom is 0.0320 e.